The van der Waals surface area contributed by atoms with Crippen LogP contribution in [-0.4, -0.2) is 19.6 Å². The second-order valence-electron chi connectivity index (χ2n) is 5.59. The monoisotopic (exact) mass is 310 g/mol. The summed E-state index contributed by atoms with van der Waals surface area (Å²) in [5, 5.41) is 3.37. The van der Waals surface area contributed by atoms with E-state index in [0.29, 0.717) is 0 Å². The minimum Gasteiger partial charge on any atom is -0.464 e. The van der Waals surface area contributed by atoms with Gasteiger partial charge in [-0.05, 0) is 50.2 Å². The predicted molar refractivity (Wildman–Crippen MR) is 96.0 cm³/mol. The van der Waals surface area contributed by atoms with Crippen LogP contribution in [0.5, 0.6) is 0 Å². The van der Waals surface area contributed by atoms with Crippen LogP contribution in [0.15, 0.2) is 47.1 Å². The summed E-state index contributed by atoms with van der Waals surface area (Å²) in [6.45, 7) is 2.59. The van der Waals surface area contributed by atoms with E-state index in [4.69, 9.17) is 10.2 Å². The Morgan fingerprint density at radius 3 is 2.48 bits per heavy atom. The molecule has 1 aromatic carbocycles. The van der Waals surface area contributed by atoms with Crippen LogP contribution in [0.4, 0.5) is 0 Å². The van der Waals surface area contributed by atoms with Gasteiger partial charge in [-0.15, -0.1) is 0 Å². The molecule has 0 aliphatic heterocycles. The Morgan fingerprint density at radius 2 is 1.74 bits per heavy atom. The Kier molecular flexibility index (Phi) is 8.04. The zero-order valence-corrected chi connectivity index (χ0v) is 13.7. The Labute approximate surface area is 139 Å². The van der Waals surface area contributed by atoms with Gasteiger partial charge in [-0.2, -0.15) is 0 Å². The standard InChI is InChI=1S/C20H26N2O/c21-14-4-2-1-3-5-15-22-16-6-8-18-10-12-19(13-11-18)20-9-7-17-23-20/h7,9-13,17,22H,1-5,14-16,21H2. The number of furan rings is 1. The Hall–Kier alpha value is -2.02. The molecular weight excluding hydrogens is 284 g/mol. The van der Waals surface area contributed by atoms with Crippen LogP contribution in [0.3, 0.4) is 0 Å². The number of nitrogens with one attached hydrogen (secondary N) is 1. The maximum Gasteiger partial charge on any atom is 0.133 e. The van der Waals surface area contributed by atoms with E-state index in [9.17, 15) is 0 Å². The van der Waals surface area contributed by atoms with E-state index in [1.807, 2.05) is 36.4 Å². The number of rotatable bonds is 9. The minimum atomic E-state index is 0.739. The van der Waals surface area contributed by atoms with Crippen LogP contribution < -0.4 is 11.1 Å². The summed E-state index contributed by atoms with van der Waals surface area (Å²) in [7, 11) is 0. The van der Waals surface area contributed by atoms with Crippen molar-refractivity contribution in [2.45, 2.75) is 32.1 Å². The first-order valence-corrected chi connectivity index (χ1v) is 8.44. The van der Waals surface area contributed by atoms with E-state index in [-0.39, 0.29) is 0 Å². The second kappa shape index (κ2) is 10.7. The summed E-state index contributed by atoms with van der Waals surface area (Å²) in [6, 6.07) is 12.0. The van der Waals surface area contributed by atoms with Crippen LogP contribution in [0.1, 0.15) is 37.7 Å². The summed E-state index contributed by atoms with van der Waals surface area (Å²) < 4.78 is 5.37. The van der Waals surface area contributed by atoms with Gasteiger partial charge in [0.1, 0.15) is 5.76 Å². The molecule has 3 N–H and O–H groups in total. The van der Waals surface area contributed by atoms with E-state index in [1.54, 1.807) is 6.26 Å². The lowest BCUT2D eigenvalue weighted by Gasteiger charge is -2.01. The fourth-order valence-electron chi connectivity index (χ4n) is 2.38. The van der Waals surface area contributed by atoms with Crippen LogP contribution >= 0.6 is 0 Å². The van der Waals surface area contributed by atoms with Gasteiger partial charge in [0.05, 0.1) is 12.8 Å². The number of hydrogen-bond donors (Lipinski definition) is 2. The van der Waals surface area contributed by atoms with Crippen LogP contribution in [0, 0.1) is 11.8 Å². The van der Waals surface area contributed by atoms with Gasteiger partial charge >= 0.3 is 0 Å². The third-order valence-electron chi connectivity index (χ3n) is 3.69. The van der Waals surface area contributed by atoms with Crippen molar-refractivity contribution in [3.8, 4) is 23.2 Å². The molecule has 1 heterocycles. The minimum absolute atomic E-state index is 0.739. The van der Waals surface area contributed by atoms with Crippen molar-refractivity contribution in [2.75, 3.05) is 19.6 Å². The molecule has 3 nitrogen and oxygen atoms in total. The quantitative estimate of drug-likeness (QED) is 0.547. The molecule has 0 fully saturated rings. The highest BCUT2D eigenvalue weighted by Gasteiger charge is 1.98. The van der Waals surface area contributed by atoms with Gasteiger partial charge in [0, 0.05) is 11.1 Å². The fourth-order valence-corrected chi connectivity index (χ4v) is 2.38. The van der Waals surface area contributed by atoms with Crippen LogP contribution in [0.2, 0.25) is 0 Å². The molecule has 23 heavy (non-hydrogen) atoms. The SMILES string of the molecule is NCCCCCCCNCC#Cc1ccc(-c2ccco2)cc1. The second-order valence-corrected chi connectivity index (χ2v) is 5.59. The maximum absolute atomic E-state index is 5.47. The highest BCUT2D eigenvalue weighted by molar-refractivity contribution is 5.58. The van der Waals surface area contributed by atoms with Crippen molar-refractivity contribution in [1.29, 1.82) is 0 Å². The zero-order chi connectivity index (χ0) is 16.2. The van der Waals surface area contributed by atoms with Gasteiger partial charge in [-0.3, -0.25) is 0 Å². The lowest BCUT2D eigenvalue weighted by Crippen LogP contribution is -2.15. The van der Waals surface area contributed by atoms with Gasteiger partial charge in [0.25, 0.3) is 0 Å². The van der Waals surface area contributed by atoms with E-state index in [0.717, 1.165) is 42.9 Å². The van der Waals surface area contributed by atoms with E-state index in [2.05, 4.69) is 17.2 Å². The van der Waals surface area contributed by atoms with E-state index in [1.165, 1.54) is 25.7 Å². The largest absolute Gasteiger partial charge is 0.464 e. The van der Waals surface area contributed by atoms with Crippen LogP contribution in [-0.2, 0) is 0 Å². The third-order valence-corrected chi connectivity index (χ3v) is 3.69. The summed E-state index contributed by atoms with van der Waals surface area (Å²) >= 11 is 0. The molecular formula is C20H26N2O. The zero-order valence-electron chi connectivity index (χ0n) is 13.7. The van der Waals surface area contributed by atoms with Crippen molar-refractivity contribution < 1.29 is 4.42 Å². The molecule has 0 bridgehead atoms. The van der Waals surface area contributed by atoms with Crippen molar-refractivity contribution in [1.82, 2.24) is 5.32 Å². The van der Waals surface area contributed by atoms with Gasteiger partial charge in [0.2, 0.25) is 0 Å². The number of unbranched alkanes of at least 4 members (excludes halogenated alkanes) is 4. The van der Waals surface area contributed by atoms with Crippen molar-refractivity contribution in [3.63, 3.8) is 0 Å². The molecule has 0 aliphatic carbocycles. The average Bonchev–Trinajstić information content (AvgIpc) is 3.12. The molecule has 122 valence electrons. The number of hydrogen-bond acceptors (Lipinski definition) is 3. The number of nitrogens with two attached hydrogens (primary N) is 1. The first kappa shape index (κ1) is 17.3. The molecule has 0 radical (unpaired) electrons. The van der Waals surface area contributed by atoms with E-state index < -0.39 is 0 Å². The van der Waals surface area contributed by atoms with Gasteiger partial charge in [-0.1, -0.05) is 43.2 Å². The summed E-state index contributed by atoms with van der Waals surface area (Å²) in [4.78, 5) is 0. The lowest BCUT2D eigenvalue weighted by atomic mass is 10.1. The Morgan fingerprint density at radius 1 is 0.957 bits per heavy atom. The molecule has 2 aromatic rings. The smallest absolute Gasteiger partial charge is 0.133 e. The Bertz CT molecular complexity index is 591. The molecule has 0 atom stereocenters. The normalized spacial score (nSPS) is 10.3. The molecule has 2 rings (SSSR count). The van der Waals surface area contributed by atoms with Crippen LogP contribution in [0.25, 0.3) is 11.3 Å². The molecule has 0 saturated heterocycles. The highest BCUT2D eigenvalue weighted by Crippen LogP contribution is 2.19. The molecule has 0 unspecified atom stereocenters. The Balaban J connectivity index is 1.61. The van der Waals surface area contributed by atoms with Crippen molar-refractivity contribution in [2.24, 2.45) is 5.73 Å². The fraction of sp³-hybridized carbons (Fsp3) is 0.400. The third kappa shape index (κ3) is 6.73. The summed E-state index contributed by atoms with van der Waals surface area (Å²) in [5.74, 6) is 7.23. The number of benzene rings is 1. The molecule has 0 spiro atoms. The molecule has 0 saturated carbocycles. The maximum atomic E-state index is 5.47. The summed E-state index contributed by atoms with van der Waals surface area (Å²) in [6.07, 6.45) is 7.86. The topological polar surface area (TPSA) is 51.2 Å². The molecule has 0 aliphatic rings. The summed E-state index contributed by atoms with van der Waals surface area (Å²) in [5.41, 5.74) is 7.58. The first-order chi connectivity index (χ1) is 11.4. The molecule has 3 heteroatoms. The van der Waals surface area contributed by atoms with E-state index >= 15 is 0 Å². The predicted octanol–water partition coefficient (Wildman–Crippen LogP) is 3.80. The molecule has 1 aromatic heterocycles. The van der Waals surface area contributed by atoms with Gasteiger partial charge < -0.3 is 15.5 Å². The average molecular weight is 310 g/mol. The molecule has 0 amide bonds. The van der Waals surface area contributed by atoms with Crippen molar-refractivity contribution >= 4 is 0 Å². The first-order valence-electron chi connectivity index (χ1n) is 8.44. The highest BCUT2D eigenvalue weighted by atomic mass is 16.3. The van der Waals surface area contributed by atoms with Crippen molar-refractivity contribution in [3.05, 3.63) is 48.2 Å². The van der Waals surface area contributed by atoms with Gasteiger partial charge in [0.15, 0.2) is 0 Å². The lowest BCUT2D eigenvalue weighted by molar-refractivity contribution is 0.582. The van der Waals surface area contributed by atoms with Gasteiger partial charge in [-0.25, -0.2) is 0 Å².